The van der Waals surface area contributed by atoms with Crippen molar-refractivity contribution in [3.8, 4) is 23.0 Å². The topological polar surface area (TPSA) is 89.1 Å². The van der Waals surface area contributed by atoms with Gasteiger partial charge in [0.1, 0.15) is 11.0 Å². The average molecular weight is 288 g/mol. The minimum atomic E-state index is -0.377. The van der Waals surface area contributed by atoms with Crippen molar-refractivity contribution in [3.05, 3.63) is 34.5 Å². The summed E-state index contributed by atoms with van der Waals surface area (Å²) in [5.41, 5.74) is -0.00825. The summed E-state index contributed by atoms with van der Waals surface area (Å²) in [7, 11) is 2.73. The number of rotatable bonds is 2. The highest BCUT2D eigenvalue weighted by molar-refractivity contribution is 5.97. The Labute approximate surface area is 118 Å². The molecule has 0 atom stereocenters. The number of hydrogen-bond donors (Lipinski definition) is 2. The zero-order valence-corrected chi connectivity index (χ0v) is 11.3. The van der Waals surface area contributed by atoms with Crippen LogP contribution >= 0.6 is 0 Å². The first-order valence-corrected chi connectivity index (χ1v) is 6.11. The van der Waals surface area contributed by atoms with Crippen molar-refractivity contribution in [1.82, 2.24) is 0 Å². The van der Waals surface area contributed by atoms with Crippen LogP contribution in [0.15, 0.2) is 33.5 Å². The quantitative estimate of drug-likeness (QED) is 0.704. The molecule has 6 nitrogen and oxygen atoms in total. The Balaban J connectivity index is 2.58. The molecular weight excluding hydrogens is 276 g/mol. The molecule has 2 aromatic carbocycles. The molecule has 0 saturated carbocycles. The highest BCUT2D eigenvalue weighted by Gasteiger charge is 2.19. The van der Waals surface area contributed by atoms with E-state index in [1.165, 1.54) is 38.5 Å². The lowest BCUT2D eigenvalue weighted by Gasteiger charge is -2.10. The normalized spacial score (nSPS) is 11.0. The van der Waals surface area contributed by atoms with E-state index in [9.17, 15) is 15.0 Å². The lowest BCUT2D eigenvalue weighted by atomic mass is 10.1. The lowest BCUT2D eigenvalue weighted by molar-refractivity contribution is 0.371. The van der Waals surface area contributed by atoms with Gasteiger partial charge in [0.05, 0.1) is 19.6 Å². The molecule has 0 aliphatic rings. The maximum Gasteiger partial charge on any atom is 0.204 e. The second-order valence-corrected chi connectivity index (χ2v) is 4.42. The van der Waals surface area contributed by atoms with Gasteiger partial charge in [-0.3, -0.25) is 4.79 Å². The molecular formula is C15H12O6. The fraction of sp³-hybridized carbons (Fsp3) is 0.133. The van der Waals surface area contributed by atoms with E-state index in [0.29, 0.717) is 0 Å². The van der Waals surface area contributed by atoms with Gasteiger partial charge < -0.3 is 24.1 Å². The number of aromatic hydroxyl groups is 2. The number of benzene rings is 2. The van der Waals surface area contributed by atoms with Crippen LogP contribution in [0.4, 0.5) is 0 Å². The molecule has 6 heteroatoms. The minimum absolute atomic E-state index is 0.0511. The van der Waals surface area contributed by atoms with E-state index in [2.05, 4.69) is 0 Å². The number of phenols is 2. The van der Waals surface area contributed by atoms with E-state index >= 15 is 0 Å². The minimum Gasteiger partial charge on any atom is -0.504 e. The molecule has 0 spiro atoms. The van der Waals surface area contributed by atoms with Crippen LogP contribution in [-0.4, -0.2) is 24.4 Å². The Kier molecular flexibility index (Phi) is 2.86. The number of fused-ring (bicyclic) bond motifs is 2. The van der Waals surface area contributed by atoms with Crippen molar-refractivity contribution >= 4 is 21.9 Å². The Bertz CT molecular complexity index is 910. The van der Waals surface area contributed by atoms with Gasteiger partial charge >= 0.3 is 0 Å². The second-order valence-electron chi connectivity index (χ2n) is 4.42. The molecule has 21 heavy (non-hydrogen) atoms. The first kappa shape index (κ1) is 13.1. The maximum absolute atomic E-state index is 12.6. The van der Waals surface area contributed by atoms with Gasteiger partial charge in [0.25, 0.3) is 0 Å². The van der Waals surface area contributed by atoms with Crippen molar-refractivity contribution in [1.29, 1.82) is 0 Å². The molecule has 0 radical (unpaired) electrons. The molecule has 0 saturated heterocycles. The summed E-state index contributed by atoms with van der Waals surface area (Å²) in [5.74, 6) is -0.144. The predicted octanol–water partition coefficient (Wildman–Crippen LogP) is 2.37. The van der Waals surface area contributed by atoms with Gasteiger partial charge in [-0.2, -0.15) is 0 Å². The Hall–Kier alpha value is -2.89. The zero-order chi connectivity index (χ0) is 15.1. The zero-order valence-electron chi connectivity index (χ0n) is 11.3. The van der Waals surface area contributed by atoms with Gasteiger partial charge in [-0.05, 0) is 24.3 Å². The molecule has 0 fully saturated rings. The van der Waals surface area contributed by atoms with Gasteiger partial charge in [0.15, 0.2) is 22.8 Å². The molecule has 1 aromatic heterocycles. The highest BCUT2D eigenvalue weighted by Crippen LogP contribution is 2.38. The molecule has 0 bridgehead atoms. The van der Waals surface area contributed by atoms with Gasteiger partial charge in [-0.25, -0.2) is 0 Å². The SMILES string of the molecule is COc1c(O)ccc2c(=O)c3c(OC)c(O)ccc3oc12. The van der Waals surface area contributed by atoms with Crippen LogP contribution in [0.1, 0.15) is 0 Å². The van der Waals surface area contributed by atoms with Gasteiger partial charge in [-0.1, -0.05) is 0 Å². The van der Waals surface area contributed by atoms with E-state index < -0.39 is 0 Å². The fourth-order valence-corrected chi connectivity index (χ4v) is 2.33. The third-order valence-electron chi connectivity index (χ3n) is 3.28. The second kappa shape index (κ2) is 4.59. The lowest BCUT2D eigenvalue weighted by Crippen LogP contribution is -2.05. The van der Waals surface area contributed by atoms with Crippen LogP contribution in [0.25, 0.3) is 21.9 Å². The smallest absolute Gasteiger partial charge is 0.204 e. The van der Waals surface area contributed by atoms with E-state index in [0.717, 1.165) is 0 Å². The first-order valence-electron chi connectivity index (χ1n) is 6.11. The first-order chi connectivity index (χ1) is 10.1. The summed E-state index contributed by atoms with van der Waals surface area (Å²) in [5, 5.41) is 19.9. The van der Waals surface area contributed by atoms with Crippen LogP contribution in [0.5, 0.6) is 23.0 Å². The number of hydrogen-bond acceptors (Lipinski definition) is 6. The standard InChI is InChI=1S/C15H12O6/c1-19-14-8(16)5-6-10-11(14)12(18)7-3-4-9(17)15(20-2)13(7)21-10/h3-6,16-17H,1-2H3. The summed E-state index contributed by atoms with van der Waals surface area (Å²) in [4.78, 5) is 12.6. The summed E-state index contributed by atoms with van der Waals surface area (Å²) in [6.07, 6.45) is 0. The molecule has 0 amide bonds. The summed E-state index contributed by atoms with van der Waals surface area (Å²) < 4.78 is 15.8. The van der Waals surface area contributed by atoms with Crippen LogP contribution in [0, 0.1) is 0 Å². The fourth-order valence-electron chi connectivity index (χ4n) is 2.33. The van der Waals surface area contributed by atoms with Crippen LogP contribution in [-0.2, 0) is 0 Å². The third-order valence-corrected chi connectivity index (χ3v) is 3.28. The van der Waals surface area contributed by atoms with Crippen LogP contribution < -0.4 is 14.9 Å². The Morgan fingerprint density at radius 3 is 2.24 bits per heavy atom. The van der Waals surface area contributed by atoms with E-state index in [1.807, 2.05) is 0 Å². The monoisotopic (exact) mass is 288 g/mol. The van der Waals surface area contributed by atoms with Gasteiger partial charge in [0.2, 0.25) is 11.2 Å². The average Bonchev–Trinajstić information content (AvgIpc) is 2.48. The van der Waals surface area contributed by atoms with Crippen LogP contribution in [0.2, 0.25) is 0 Å². The molecule has 3 rings (SSSR count). The van der Waals surface area contributed by atoms with Crippen molar-refractivity contribution in [3.63, 3.8) is 0 Å². The van der Waals surface area contributed by atoms with Crippen molar-refractivity contribution in [2.24, 2.45) is 0 Å². The summed E-state index contributed by atoms with van der Waals surface area (Å²) in [6.45, 7) is 0. The predicted molar refractivity (Wildman–Crippen MR) is 76.4 cm³/mol. The van der Waals surface area contributed by atoms with Crippen molar-refractivity contribution in [2.45, 2.75) is 0 Å². The summed E-state index contributed by atoms with van der Waals surface area (Å²) in [6, 6.07) is 5.60. The molecule has 108 valence electrons. The molecule has 0 aliphatic heterocycles. The molecule has 1 heterocycles. The Morgan fingerprint density at radius 1 is 0.952 bits per heavy atom. The van der Waals surface area contributed by atoms with E-state index in [1.54, 1.807) is 0 Å². The van der Waals surface area contributed by atoms with Crippen molar-refractivity contribution < 1.29 is 24.1 Å². The van der Waals surface area contributed by atoms with E-state index in [-0.39, 0.29) is 50.4 Å². The largest absolute Gasteiger partial charge is 0.504 e. The molecule has 2 N–H and O–H groups in total. The van der Waals surface area contributed by atoms with Crippen LogP contribution in [0.3, 0.4) is 0 Å². The van der Waals surface area contributed by atoms with E-state index in [4.69, 9.17) is 13.9 Å². The van der Waals surface area contributed by atoms with Crippen molar-refractivity contribution in [2.75, 3.05) is 14.2 Å². The maximum atomic E-state index is 12.6. The Morgan fingerprint density at radius 2 is 1.57 bits per heavy atom. The molecule has 0 unspecified atom stereocenters. The van der Waals surface area contributed by atoms with Gasteiger partial charge in [-0.15, -0.1) is 0 Å². The molecule has 0 aliphatic carbocycles. The number of ether oxygens (including phenoxy) is 2. The van der Waals surface area contributed by atoms with Gasteiger partial charge in [0, 0.05) is 0 Å². The number of phenolic OH excluding ortho intramolecular Hbond substituents is 2. The highest BCUT2D eigenvalue weighted by atomic mass is 16.5. The third kappa shape index (κ3) is 1.76. The number of methoxy groups -OCH3 is 2. The summed E-state index contributed by atoms with van der Waals surface area (Å²) >= 11 is 0. The molecule has 3 aromatic rings.